The average Bonchev–Trinajstić information content (AvgIpc) is 2.21. The van der Waals surface area contributed by atoms with Gasteiger partial charge in [0, 0.05) is 0 Å². The Balaban J connectivity index is 1.88. The lowest BCUT2D eigenvalue weighted by Gasteiger charge is -1.82. The summed E-state index contributed by atoms with van der Waals surface area (Å²) in [5.41, 5.74) is 0. The molecule has 1 atom stereocenters. The standard InChI is InChI=1S/C3H6O2S/c6-5-2-3-1-4-3/h3,6H,1-2H2/t3-/m0/s1. The predicted molar refractivity (Wildman–Crippen MR) is 24.7 cm³/mol. The maximum Gasteiger partial charge on any atom is 0.105 e. The maximum atomic E-state index is 4.78. The van der Waals surface area contributed by atoms with Crippen LogP contribution in [0.3, 0.4) is 0 Å². The third kappa shape index (κ3) is 1.16. The fraction of sp³-hybridized carbons (Fsp3) is 1.00. The van der Waals surface area contributed by atoms with Crippen molar-refractivity contribution in [2.75, 3.05) is 13.2 Å². The Morgan fingerprint density at radius 1 is 2.00 bits per heavy atom. The highest BCUT2D eigenvalue weighted by Gasteiger charge is 2.21. The summed E-state index contributed by atoms with van der Waals surface area (Å²) in [5.74, 6) is 0. The molecule has 1 aliphatic heterocycles. The van der Waals surface area contributed by atoms with E-state index in [1.807, 2.05) is 0 Å². The fourth-order valence-electron chi connectivity index (χ4n) is 0.247. The van der Waals surface area contributed by atoms with Gasteiger partial charge in [0.1, 0.15) is 6.10 Å². The van der Waals surface area contributed by atoms with Gasteiger partial charge in [-0.25, -0.2) is 0 Å². The monoisotopic (exact) mass is 106 g/mol. The normalized spacial score (nSPS) is 30.5. The van der Waals surface area contributed by atoms with Crippen LogP contribution in [0, 0.1) is 0 Å². The second-order valence-electron chi connectivity index (χ2n) is 1.25. The number of rotatable bonds is 2. The Labute approximate surface area is 42.1 Å². The Morgan fingerprint density at radius 3 is 2.83 bits per heavy atom. The third-order valence-corrected chi connectivity index (χ3v) is 0.812. The molecule has 0 aromatic carbocycles. The van der Waals surface area contributed by atoms with Crippen LogP contribution in [0.25, 0.3) is 0 Å². The minimum absolute atomic E-state index is 0.350. The zero-order chi connectivity index (χ0) is 4.41. The van der Waals surface area contributed by atoms with Crippen molar-refractivity contribution < 1.29 is 8.92 Å². The highest BCUT2D eigenvalue weighted by atomic mass is 32.1. The lowest BCUT2D eigenvalue weighted by atomic mass is 10.5. The smallest absolute Gasteiger partial charge is 0.105 e. The zero-order valence-corrected chi connectivity index (χ0v) is 4.15. The van der Waals surface area contributed by atoms with Crippen LogP contribution in [0.15, 0.2) is 0 Å². The molecule has 0 N–H and O–H groups in total. The van der Waals surface area contributed by atoms with E-state index in [1.165, 1.54) is 0 Å². The Bertz CT molecular complexity index is 44.1. The molecule has 6 heavy (non-hydrogen) atoms. The van der Waals surface area contributed by atoms with E-state index in [1.54, 1.807) is 0 Å². The van der Waals surface area contributed by atoms with Gasteiger partial charge in [-0.1, -0.05) is 0 Å². The Kier molecular flexibility index (Phi) is 1.34. The van der Waals surface area contributed by atoms with Crippen LogP contribution < -0.4 is 0 Å². The summed E-state index contributed by atoms with van der Waals surface area (Å²) in [6.45, 7) is 1.48. The first-order valence-electron chi connectivity index (χ1n) is 1.81. The van der Waals surface area contributed by atoms with Gasteiger partial charge in [0.05, 0.1) is 13.2 Å². The van der Waals surface area contributed by atoms with E-state index in [0.29, 0.717) is 12.7 Å². The van der Waals surface area contributed by atoms with Gasteiger partial charge in [-0.3, -0.25) is 0 Å². The van der Waals surface area contributed by atoms with Crippen LogP contribution in [0.1, 0.15) is 0 Å². The molecule has 0 spiro atoms. The summed E-state index contributed by atoms with van der Waals surface area (Å²) in [4.78, 5) is 0. The molecule has 1 fully saturated rings. The van der Waals surface area contributed by atoms with E-state index in [0.717, 1.165) is 6.61 Å². The summed E-state index contributed by atoms with van der Waals surface area (Å²) in [6.07, 6.45) is 0.350. The van der Waals surface area contributed by atoms with E-state index >= 15 is 0 Å². The second kappa shape index (κ2) is 1.82. The molecule has 3 heteroatoms. The van der Waals surface area contributed by atoms with Gasteiger partial charge in [-0.2, -0.15) is 0 Å². The molecule has 0 aliphatic carbocycles. The summed E-state index contributed by atoms with van der Waals surface area (Å²) in [6, 6.07) is 0. The van der Waals surface area contributed by atoms with Crippen molar-refractivity contribution in [3.05, 3.63) is 0 Å². The van der Waals surface area contributed by atoms with Gasteiger partial charge >= 0.3 is 0 Å². The first-order valence-corrected chi connectivity index (χ1v) is 2.18. The lowest BCUT2D eigenvalue weighted by Crippen LogP contribution is -1.91. The second-order valence-corrected chi connectivity index (χ2v) is 1.51. The van der Waals surface area contributed by atoms with Gasteiger partial charge in [0.15, 0.2) is 0 Å². The van der Waals surface area contributed by atoms with E-state index in [-0.39, 0.29) is 0 Å². The molecule has 1 heterocycles. The van der Waals surface area contributed by atoms with Crippen molar-refractivity contribution in [3.63, 3.8) is 0 Å². The third-order valence-electron chi connectivity index (χ3n) is 0.663. The molecule has 1 aliphatic rings. The van der Waals surface area contributed by atoms with E-state index in [2.05, 4.69) is 17.1 Å². The van der Waals surface area contributed by atoms with Crippen molar-refractivity contribution in [1.29, 1.82) is 0 Å². The summed E-state index contributed by atoms with van der Waals surface area (Å²) < 4.78 is 9.21. The first kappa shape index (κ1) is 4.43. The molecule has 0 saturated carbocycles. The fourth-order valence-corrected chi connectivity index (χ4v) is 0.414. The highest BCUT2D eigenvalue weighted by molar-refractivity contribution is 7.75. The number of epoxide rings is 1. The topological polar surface area (TPSA) is 21.8 Å². The Hall–Kier alpha value is 0.270. The van der Waals surface area contributed by atoms with Crippen LogP contribution in [0.5, 0.6) is 0 Å². The van der Waals surface area contributed by atoms with Gasteiger partial charge in [0.2, 0.25) is 0 Å². The van der Waals surface area contributed by atoms with Crippen LogP contribution >= 0.6 is 12.9 Å². The minimum atomic E-state index is 0.350. The first-order chi connectivity index (χ1) is 2.93. The highest BCUT2D eigenvalue weighted by Crippen LogP contribution is 2.08. The van der Waals surface area contributed by atoms with E-state index < -0.39 is 0 Å². The molecule has 1 rings (SSSR count). The van der Waals surface area contributed by atoms with Crippen molar-refractivity contribution in [2.45, 2.75) is 6.10 Å². The van der Waals surface area contributed by atoms with Crippen LogP contribution in [-0.2, 0) is 8.92 Å². The molecule has 0 amide bonds. The van der Waals surface area contributed by atoms with Crippen molar-refractivity contribution >= 4 is 12.9 Å². The van der Waals surface area contributed by atoms with Crippen LogP contribution in [0.2, 0.25) is 0 Å². The summed E-state index contributed by atoms with van der Waals surface area (Å²) in [5, 5.41) is 0. The number of hydrogen-bond donors (Lipinski definition) is 1. The Morgan fingerprint density at radius 2 is 2.67 bits per heavy atom. The van der Waals surface area contributed by atoms with Gasteiger partial charge in [-0.05, 0) is 12.9 Å². The molecule has 0 unspecified atom stereocenters. The van der Waals surface area contributed by atoms with Gasteiger partial charge in [0.25, 0.3) is 0 Å². The van der Waals surface area contributed by atoms with Crippen molar-refractivity contribution in [2.24, 2.45) is 0 Å². The van der Waals surface area contributed by atoms with Crippen LogP contribution in [-0.4, -0.2) is 19.3 Å². The molecule has 0 bridgehead atoms. The van der Waals surface area contributed by atoms with Gasteiger partial charge in [-0.15, -0.1) is 0 Å². The molecule has 36 valence electrons. The minimum Gasteiger partial charge on any atom is -0.371 e. The molecule has 0 radical (unpaired) electrons. The zero-order valence-electron chi connectivity index (χ0n) is 3.26. The predicted octanol–water partition coefficient (Wildman–Crippen LogP) is 0.247. The van der Waals surface area contributed by atoms with Crippen LogP contribution in [0.4, 0.5) is 0 Å². The van der Waals surface area contributed by atoms with E-state index in [9.17, 15) is 0 Å². The van der Waals surface area contributed by atoms with E-state index in [4.69, 9.17) is 4.74 Å². The number of thiol groups is 1. The van der Waals surface area contributed by atoms with Gasteiger partial charge < -0.3 is 8.92 Å². The molecule has 1 saturated heterocycles. The average molecular weight is 106 g/mol. The summed E-state index contributed by atoms with van der Waals surface area (Å²) in [7, 11) is 0. The molecular weight excluding hydrogens is 100 g/mol. The molecular formula is C3H6O2S. The van der Waals surface area contributed by atoms with Crippen molar-refractivity contribution in [3.8, 4) is 0 Å². The number of ether oxygens (including phenoxy) is 1. The molecule has 0 aromatic heterocycles. The SMILES string of the molecule is SOC[C@@H]1CO1. The molecule has 2 nitrogen and oxygen atoms in total. The van der Waals surface area contributed by atoms with Crippen molar-refractivity contribution in [1.82, 2.24) is 0 Å². The summed E-state index contributed by atoms with van der Waals surface area (Å²) >= 11 is 3.52. The largest absolute Gasteiger partial charge is 0.371 e. The molecule has 0 aromatic rings. The maximum absolute atomic E-state index is 4.78. The lowest BCUT2D eigenvalue weighted by molar-refractivity contribution is 0.300. The quantitative estimate of drug-likeness (QED) is 0.309. The number of hydrogen-bond acceptors (Lipinski definition) is 3.